The van der Waals surface area contributed by atoms with E-state index in [0.29, 0.717) is 19.4 Å². The molecule has 2 atom stereocenters. The van der Waals surface area contributed by atoms with Crippen molar-refractivity contribution in [2.75, 3.05) is 19.8 Å². The maximum absolute atomic E-state index is 13.6. The molecule has 1 aromatic heterocycles. The first-order chi connectivity index (χ1) is 19.0. The van der Waals surface area contributed by atoms with Crippen LogP contribution in [0.25, 0.3) is 0 Å². The molecule has 1 unspecified atom stereocenters. The van der Waals surface area contributed by atoms with Crippen LogP contribution in [-0.2, 0) is 27.4 Å². The number of hydrogen-bond acceptors (Lipinski definition) is 8. The van der Waals surface area contributed by atoms with Gasteiger partial charge in [-0.2, -0.15) is 0 Å². The van der Waals surface area contributed by atoms with Crippen molar-refractivity contribution >= 4 is 18.0 Å². The highest BCUT2D eigenvalue weighted by atomic mass is 16.6. The zero-order chi connectivity index (χ0) is 29.1. The summed E-state index contributed by atoms with van der Waals surface area (Å²) in [6, 6.07) is 9.17. The highest BCUT2D eigenvalue weighted by Gasteiger charge is 2.54. The van der Waals surface area contributed by atoms with Gasteiger partial charge in [0, 0.05) is 19.3 Å². The Kier molecular flexibility index (Phi) is 8.56. The van der Waals surface area contributed by atoms with Crippen LogP contribution >= 0.6 is 0 Å². The number of hydrogen-bond donors (Lipinski definition) is 0. The molecule has 2 aliphatic rings. The molecule has 2 bridgehead atoms. The summed E-state index contributed by atoms with van der Waals surface area (Å²) in [5.41, 5.74) is -1.70. The van der Waals surface area contributed by atoms with Crippen LogP contribution in [0.3, 0.4) is 0 Å². The predicted molar refractivity (Wildman–Crippen MR) is 146 cm³/mol. The lowest BCUT2D eigenvalue weighted by Gasteiger charge is -2.40. The van der Waals surface area contributed by atoms with Gasteiger partial charge in [-0.25, -0.2) is 14.4 Å². The molecule has 1 saturated heterocycles. The number of pyridine rings is 1. The van der Waals surface area contributed by atoms with Crippen LogP contribution in [0.5, 0.6) is 5.75 Å². The van der Waals surface area contributed by atoms with E-state index in [9.17, 15) is 19.2 Å². The third kappa shape index (κ3) is 6.16. The molecule has 2 heterocycles. The zero-order valence-corrected chi connectivity index (χ0v) is 23.9. The first kappa shape index (κ1) is 29.2. The second-order valence-corrected chi connectivity index (χ2v) is 11.3. The first-order valence-electron chi connectivity index (χ1n) is 13.8. The largest absolute Gasteiger partial charge is 0.482 e. The molecule has 1 aliphatic carbocycles. The minimum absolute atomic E-state index is 0.00792. The van der Waals surface area contributed by atoms with Gasteiger partial charge in [0.05, 0.1) is 18.8 Å². The molecule has 1 aliphatic heterocycles. The van der Waals surface area contributed by atoms with Crippen LogP contribution in [-0.4, -0.2) is 58.4 Å². The van der Waals surface area contributed by atoms with E-state index in [1.54, 1.807) is 18.7 Å². The summed E-state index contributed by atoms with van der Waals surface area (Å²) in [6.45, 7) is 9.56. The van der Waals surface area contributed by atoms with Crippen LogP contribution in [0.4, 0.5) is 4.79 Å². The second kappa shape index (κ2) is 11.7. The van der Waals surface area contributed by atoms with E-state index in [4.69, 9.17) is 18.9 Å². The number of piperidine rings is 1. The van der Waals surface area contributed by atoms with Crippen molar-refractivity contribution in [3.8, 4) is 5.75 Å². The number of benzene rings is 1. The summed E-state index contributed by atoms with van der Waals surface area (Å²) in [7, 11) is 0. The van der Waals surface area contributed by atoms with Gasteiger partial charge in [-0.05, 0) is 65.4 Å². The van der Waals surface area contributed by atoms with E-state index in [-0.39, 0.29) is 49.3 Å². The highest BCUT2D eigenvalue weighted by Crippen LogP contribution is 2.48. The molecule has 0 spiro atoms. The van der Waals surface area contributed by atoms with Gasteiger partial charge in [0.1, 0.15) is 17.8 Å². The lowest BCUT2D eigenvalue weighted by molar-refractivity contribution is -0.000586. The van der Waals surface area contributed by atoms with E-state index >= 15 is 0 Å². The monoisotopic (exact) mass is 554 g/mol. The lowest BCUT2D eigenvalue weighted by atomic mass is 9.96. The molecule has 40 heavy (non-hydrogen) atoms. The molecule has 2 aromatic rings. The molecule has 0 radical (unpaired) electrons. The van der Waals surface area contributed by atoms with Crippen LogP contribution in [0.2, 0.25) is 0 Å². The maximum Gasteiger partial charge on any atom is 0.410 e. The fourth-order valence-corrected chi connectivity index (χ4v) is 5.59. The number of fused-ring (bicyclic) bond motifs is 2. The Labute approximate surface area is 234 Å². The summed E-state index contributed by atoms with van der Waals surface area (Å²) >= 11 is 0. The molecule has 216 valence electrons. The lowest BCUT2D eigenvalue weighted by Crippen LogP contribution is -2.52. The molecule has 2 fully saturated rings. The molecular weight excluding hydrogens is 516 g/mol. The Morgan fingerprint density at radius 3 is 2.33 bits per heavy atom. The molecule has 1 saturated carbocycles. The number of likely N-dealkylation sites (tertiary alicyclic amines) is 1. The van der Waals surface area contributed by atoms with E-state index in [0.717, 1.165) is 12.0 Å². The summed E-state index contributed by atoms with van der Waals surface area (Å²) in [6.07, 6.45) is 3.20. The number of aromatic nitrogens is 1. The van der Waals surface area contributed by atoms with Crippen LogP contribution < -0.4 is 10.2 Å². The minimum atomic E-state index is -0.821. The van der Waals surface area contributed by atoms with Crippen molar-refractivity contribution in [2.24, 2.45) is 5.92 Å². The Morgan fingerprint density at radius 2 is 1.70 bits per heavy atom. The van der Waals surface area contributed by atoms with Crippen molar-refractivity contribution in [3.05, 3.63) is 63.6 Å². The SMILES string of the molecule is CCOC(=O)c1cn(C[C@@]23CCC(CN2C(=O)OC(C)(C)C)C3)c(C(=O)OCC)c(OCc2ccccc2)c1=O. The number of rotatable bonds is 9. The van der Waals surface area contributed by atoms with Gasteiger partial charge < -0.3 is 28.4 Å². The van der Waals surface area contributed by atoms with E-state index in [1.165, 1.54) is 10.8 Å². The number of carbonyl (C=O) groups excluding carboxylic acids is 3. The molecule has 10 heteroatoms. The number of ether oxygens (including phenoxy) is 4. The number of esters is 2. The standard InChI is InChI=1S/C30H38N2O8/c1-6-37-26(34)22-17-31(19-30-14-13-21(15-30)16-32(30)28(36)40-29(3,4)5)23(27(35)38-7-2)25(24(22)33)39-18-20-11-9-8-10-12-20/h8-12,17,21H,6-7,13-16,18-19H2,1-5H3/t21?,30-/m0/s1. The Morgan fingerprint density at radius 1 is 1.02 bits per heavy atom. The molecule has 10 nitrogen and oxygen atoms in total. The highest BCUT2D eigenvalue weighted by molar-refractivity contribution is 5.94. The number of nitrogens with zero attached hydrogens (tertiary/aromatic N) is 2. The van der Waals surface area contributed by atoms with Crippen molar-refractivity contribution in [2.45, 2.75) is 78.2 Å². The van der Waals surface area contributed by atoms with Crippen molar-refractivity contribution in [3.63, 3.8) is 0 Å². The zero-order valence-electron chi connectivity index (χ0n) is 23.9. The summed E-state index contributed by atoms with van der Waals surface area (Å²) in [4.78, 5) is 54.8. The third-order valence-corrected chi connectivity index (χ3v) is 7.21. The van der Waals surface area contributed by atoms with Crippen molar-refractivity contribution in [1.29, 1.82) is 0 Å². The van der Waals surface area contributed by atoms with Gasteiger partial charge in [-0.1, -0.05) is 30.3 Å². The van der Waals surface area contributed by atoms with Crippen LogP contribution in [0.1, 0.15) is 80.3 Å². The number of carbonyl (C=O) groups is 3. The Balaban J connectivity index is 1.82. The average molecular weight is 555 g/mol. The van der Waals surface area contributed by atoms with Crippen molar-refractivity contribution < 1.29 is 33.3 Å². The predicted octanol–water partition coefficient (Wildman–Crippen LogP) is 4.57. The molecule has 4 rings (SSSR count). The van der Waals surface area contributed by atoms with Gasteiger partial charge in [-0.3, -0.25) is 4.79 Å². The van der Waals surface area contributed by atoms with E-state index in [1.807, 2.05) is 51.1 Å². The average Bonchev–Trinajstić information content (AvgIpc) is 3.46. The fraction of sp³-hybridized carbons (Fsp3) is 0.533. The first-order valence-corrected chi connectivity index (χ1v) is 13.8. The fourth-order valence-electron chi connectivity index (χ4n) is 5.59. The second-order valence-electron chi connectivity index (χ2n) is 11.3. The summed E-state index contributed by atoms with van der Waals surface area (Å²) in [5, 5.41) is 0. The van der Waals surface area contributed by atoms with Gasteiger partial charge in [0.25, 0.3) is 0 Å². The summed E-state index contributed by atoms with van der Waals surface area (Å²) < 4.78 is 23.7. The Hall–Kier alpha value is -3.82. The van der Waals surface area contributed by atoms with Crippen LogP contribution in [0, 0.1) is 5.92 Å². The van der Waals surface area contributed by atoms with Gasteiger partial charge in [0.2, 0.25) is 5.43 Å². The minimum Gasteiger partial charge on any atom is -0.482 e. The quantitative estimate of drug-likeness (QED) is 0.327. The van der Waals surface area contributed by atoms with Gasteiger partial charge >= 0.3 is 18.0 Å². The molecular formula is C30H38N2O8. The number of amides is 1. The van der Waals surface area contributed by atoms with Gasteiger partial charge in [0.15, 0.2) is 11.4 Å². The molecule has 1 amide bonds. The topological polar surface area (TPSA) is 113 Å². The third-order valence-electron chi connectivity index (χ3n) is 7.21. The van der Waals surface area contributed by atoms with Crippen LogP contribution in [0.15, 0.2) is 41.3 Å². The van der Waals surface area contributed by atoms with E-state index < -0.39 is 34.6 Å². The van der Waals surface area contributed by atoms with E-state index in [2.05, 4.69) is 0 Å². The Bertz CT molecular complexity index is 1310. The smallest absolute Gasteiger partial charge is 0.410 e. The normalized spacial score (nSPS) is 19.8. The molecule has 0 N–H and O–H groups in total. The summed E-state index contributed by atoms with van der Waals surface area (Å²) in [5.74, 6) is -1.58. The maximum atomic E-state index is 13.6. The van der Waals surface area contributed by atoms with Crippen molar-refractivity contribution in [1.82, 2.24) is 9.47 Å². The molecule has 1 aromatic carbocycles. The van der Waals surface area contributed by atoms with Gasteiger partial charge in [-0.15, -0.1) is 0 Å².